The van der Waals surface area contributed by atoms with Crippen molar-refractivity contribution in [1.82, 2.24) is 0 Å². The quantitative estimate of drug-likeness (QED) is 0.762. The molecule has 0 saturated heterocycles. The molecule has 0 aliphatic rings. The molecule has 6 heteroatoms. The number of amides is 1. The molecule has 116 valence electrons. The van der Waals surface area contributed by atoms with Gasteiger partial charge in [0.25, 0.3) is 5.91 Å². The smallest absolute Gasteiger partial charge is 0.254 e. The number of phenols is 1. The molecular formula is C17H13FN2O3. The highest BCUT2D eigenvalue weighted by Gasteiger charge is 2.11. The lowest BCUT2D eigenvalue weighted by molar-refractivity contribution is 0.0996. The number of fused-ring (bicyclic) bond motifs is 1. The molecule has 0 radical (unpaired) electrons. The molecule has 0 saturated carbocycles. The number of aromatic hydroxyl groups is 1. The second-order valence-electron chi connectivity index (χ2n) is 5.05. The third kappa shape index (κ3) is 2.78. The third-order valence-corrected chi connectivity index (χ3v) is 3.46. The Kier molecular flexibility index (Phi) is 3.57. The lowest BCUT2D eigenvalue weighted by Gasteiger charge is -2.04. The van der Waals surface area contributed by atoms with Crippen LogP contribution in [0.4, 0.5) is 10.1 Å². The van der Waals surface area contributed by atoms with Gasteiger partial charge in [-0.2, -0.15) is 0 Å². The highest BCUT2D eigenvalue weighted by atomic mass is 19.1. The Morgan fingerprint density at radius 3 is 2.78 bits per heavy atom. The first-order valence-electron chi connectivity index (χ1n) is 6.82. The van der Waals surface area contributed by atoms with Crippen LogP contribution in [0.2, 0.25) is 0 Å². The molecule has 0 spiro atoms. The minimum absolute atomic E-state index is 0.0148. The van der Waals surface area contributed by atoms with Crippen LogP contribution >= 0.6 is 0 Å². The predicted molar refractivity (Wildman–Crippen MR) is 82.8 cm³/mol. The van der Waals surface area contributed by atoms with Crippen molar-refractivity contribution in [3.05, 3.63) is 65.0 Å². The van der Waals surface area contributed by atoms with Gasteiger partial charge in [0, 0.05) is 17.0 Å². The molecule has 0 bridgehead atoms. The zero-order valence-electron chi connectivity index (χ0n) is 12.2. The molecule has 2 aromatic carbocycles. The van der Waals surface area contributed by atoms with Gasteiger partial charge < -0.3 is 15.3 Å². The van der Waals surface area contributed by atoms with Gasteiger partial charge in [0.15, 0.2) is 0 Å². The van der Waals surface area contributed by atoms with Crippen LogP contribution in [0.15, 0.2) is 51.9 Å². The fraction of sp³-hybridized carbons (Fsp3) is 0.0588. The second-order valence-corrected chi connectivity index (χ2v) is 5.05. The SMILES string of the molecule is Cc1c(F)cccc1N=c1oc2cc(O)ccc2cc1C(N)=O. The van der Waals surface area contributed by atoms with Crippen molar-refractivity contribution >= 4 is 22.6 Å². The maximum atomic E-state index is 13.6. The molecule has 0 aliphatic carbocycles. The minimum Gasteiger partial charge on any atom is -0.508 e. The Balaban J connectivity index is 2.34. The van der Waals surface area contributed by atoms with Gasteiger partial charge in [-0.1, -0.05) is 6.07 Å². The van der Waals surface area contributed by atoms with Crippen molar-refractivity contribution in [2.45, 2.75) is 6.92 Å². The number of benzene rings is 2. The largest absolute Gasteiger partial charge is 0.508 e. The molecule has 3 N–H and O–H groups in total. The highest BCUT2D eigenvalue weighted by molar-refractivity contribution is 5.95. The van der Waals surface area contributed by atoms with Gasteiger partial charge in [0.05, 0.1) is 5.69 Å². The Labute approximate surface area is 130 Å². The molecule has 0 aliphatic heterocycles. The summed E-state index contributed by atoms with van der Waals surface area (Å²) in [6.45, 7) is 1.57. The minimum atomic E-state index is -0.712. The van der Waals surface area contributed by atoms with Gasteiger partial charge in [-0.3, -0.25) is 4.79 Å². The van der Waals surface area contributed by atoms with E-state index in [2.05, 4.69) is 4.99 Å². The monoisotopic (exact) mass is 312 g/mol. The maximum absolute atomic E-state index is 13.6. The summed E-state index contributed by atoms with van der Waals surface area (Å²) in [4.78, 5) is 15.9. The molecule has 23 heavy (non-hydrogen) atoms. The number of nitrogens with zero attached hydrogens (tertiary/aromatic N) is 1. The van der Waals surface area contributed by atoms with E-state index in [1.165, 1.54) is 30.3 Å². The average molecular weight is 312 g/mol. The van der Waals surface area contributed by atoms with Crippen LogP contribution < -0.4 is 11.3 Å². The molecule has 3 aromatic rings. The predicted octanol–water partition coefficient (Wildman–Crippen LogP) is 2.92. The average Bonchev–Trinajstić information content (AvgIpc) is 2.51. The molecule has 1 aromatic heterocycles. The molecule has 3 rings (SSSR count). The zero-order chi connectivity index (χ0) is 16.6. The number of carbonyl (C=O) groups excluding carboxylic acids is 1. The normalized spacial score (nSPS) is 11.8. The van der Waals surface area contributed by atoms with Crippen LogP contribution in [-0.4, -0.2) is 11.0 Å². The first-order chi connectivity index (χ1) is 11.0. The number of hydrogen-bond donors (Lipinski definition) is 2. The number of rotatable bonds is 2. The Morgan fingerprint density at radius 1 is 1.26 bits per heavy atom. The van der Waals surface area contributed by atoms with Crippen LogP contribution in [0.3, 0.4) is 0 Å². The fourth-order valence-electron chi connectivity index (χ4n) is 2.19. The first-order valence-corrected chi connectivity index (χ1v) is 6.82. The second kappa shape index (κ2) is 5.57. The van der Waals surface area contributed by atoms with E-state index in [0.29, 0.717) is 22.2 Å². The fourth-order valence-corrected chi connectivity index (χ4v) is 2.19. The number of carbonyl (C=O) groups is 1. The standard InChI is InChI=1S/C17H13FN2O3/c1-9-13(18)3-2-4-14(9)20-17-12(16(19)22)7-10-5-6-11(21)8-15(10)23-17/h2-8,21H,1H3,(H2,19,22). The van der Waals surface area contributed by atoms with Gasteiger partial charge in [-0.05, 0) is 37.3 Å². The van der Waals surface area contributed by atoms with Crippen LogP contribution in [0.25, 0.3) is 11.0 Å². The Bertz CT molecular complexity index is 993. The van der Waals surface area contributed by atoms with Crippen molar-refractivity contribution in [2.24, 2.45) is 10.7 Å². The van der Waals surface area contributed by atoms with Crippen LogP contribution in [-0.2, 0) is 0 Å². The summed E-state index contributed by atoms with van der Waals surface area (Å²) < 4.78 is 19.2. The van der Waals surface area contributed by atoms with Crippen LogP contribution in [0, 0.1) is 12.7 Å². The molecule has 1 heterocycles. The lowest BCUT2D eigenvalue weighted by atomic mass is 10.1. The topological polar surface area (TPSA) is 88.8 Å². The first kappa shape index (κ1) is 14.8. The number of halogens is 1. The van der Waals surface area contributed by atoms with Crippen molar-refractivity contribution in [3.63, 3.8) is 0 Å². The zero-order valence-corrected chi connectivity index (χ0v) is 12.2. The van der Waals surface area contributed by atoms with E-state index in [-0.39, 0.29) is 16.9 Å². The van der Waals surface area contributed by atoms with E-state index in [4.69, 9.17) is 10.2 Å². The van der Waals surface area contributed by atoms with E-state index in [1.807, 2.05) is 0 Å². The molecule has 0 unspecified atom stereocenters. The van der Waals surface area contributed by atoms with Gasteiger partial charge in [-0.15, -0.1) is 0 Å². The Hall–Kier alpha value is -3.15. The summed E-state index contributed by atoms with van der Waals surface area (Å²) in [5.74, 6) is -1.11. The van der Waals surface area contributed by atoms with Crippen molar-refractivity contribution in [1.29, 1.82) is 0 Å². The van der Waals surface area contributed by atoms with Gasteiger partial charge in [0.1, 0.15) is 22.7 Å². The summed E-state index contributed by atoms with van der Waals surface area (Å²) in [5.41, 5.74) is 6.41. The number of nitrogens with two attached hydrogens (primary N) is 1. The summed E-state index contributed by atoms with van der Waals surface area (Å²) in [6.07, 6.45) is 0. The number of hydrogen-bond acceptors (Lipinski definition) is 4. The number of phenolic OH excluding ortho intramolecular Hbond substituents is 1. The number of primary amides is 1. The Morgan fingerprint density at radius 2 is 2.04 bits per heavy atom. The highest BCUT2D eigenvalue weighted by Crippen LogP contribution is 2.22. The van der Waals surface area contributed by atoms with Crippen LogP contribution in [0.1, 0.15) is 15.9 Å². The lowest BCUT2D eigenvalue weighted by Crippen LogP contribution is -2.21. The van der Waals surface area contributed by atoms with Crippen LogP contribution in [0.5, 0.6) is 5.75 Å². The molecule has 1 amide bonds. The maximum Gasteiger partial charge on any atom is 0.254 e. The van der Waals surface area contributed by atoms with E-state index in [9.17, 15) is 14.3 Å². The van der Waals surface area contributed by atoms with E-state index in [1.54, 1.807) is 19.1 Å². The van der Waals surface area contributed by atoms with Gasteiger partial charge in [-0.25, -0.2) is 9.38 Å². The summed E-state index contributed by atoms with van der Waals surface area (Å²) in [5, 5.41) is 10.1. The molecule has 0 atom stereocenters. The summed E-state index contributed by atoms with van der Waals surface area (Å²) in [6, 6.07) is 10.4. The van der Waals surface area contributed by atoms with Crippen molar-refractivity contribution in [3.8, 4) is 5.75 Å². The van der Waals surface area contributed by atoms with Crippen molar-refractivity contribution in [2.75, 3.05) is 0 Å². The van der Waals surface area contributed by atoms with E-state index in [0.717, 1.165) is 0 Å². The van der Waals surface area contributed by atoms with E-state index >= 15 is 0 Å². The molecular weight excluding hydrogens is 299 g/mol. The summed E-state index contributed by atoms with van der Waals surface area (Å²) in [7, 11) is 0. The third-order valence-electron chi connectivity index (χ3n) is 3.46. The van der Waals surface area contributed by atoms with Crippen molar-refractivity contribution < 1.29 is 18.7 Å². The van der Waals surface area contributed by atoms with E-state index < -0.39 is 11.7 Å². The summed E-state index contributed by atoms with van der Waals surface area (Å²) >= 11 is 0. The van der Waals surface area contributed by atoms with Gasteiger partial charge >= 0.3 is 0 Å². The molecule has 5 nitrogen and oxygen atoms in total. The van der Waals surface area contributed by atoms with Gasteiger partial charge in [0.2, 0.25) is 5.55 Å². The molecule has 0 fully saturated rings.